The number of fused-ring (bicyclic) bond motifs is 3. The maximum atomic E-state index is 12.6. The van der Waals surface area contributed by atoms with Crippen molar-refractivity contribution in [3.8, 4) is 0 Å². The minimum Gasteiger partial charge on any atom is -0.353 e. The van der Waals surface area contributed by atoms with Crippen molar-refractivity contribution >= 4 is 27.7 Å². The smallest absolute Gasteiger partial charge is 0.288 e. The molecule has 33 heavy (non-hydrogen) atoms. The lowest BCUT2D eigenvalue weighted by Gasteiger charge is -2.32. The van der Waals surface area contributed by atoms with E-state index < -0.39 is 0 Å². The lowest BCUT2D eigenvalue weighted by atomic mass is 10.0. The van der Waals surface area contributed by atoms with E-state index in [1.165, 1.54) is 5.56 Å². The average molecular weight is 444 g/mol. The van der Waals surface area contributed by atoms with E-state index in [-0.39, 0.29) is 17.5 Å². The zero-order valence-corrected chi connectivity index (χ0v) is 18.7. The molecule has 1 aliphatic heterocycles. The predicted octanol–water partition coefficient (Wildman–Crippen LogP) is 3.44. The molecule has 0 atom stereocenters. The third-order valence-electron chi connectivity index (χ3n) is 6.57. The second-order valence-corrected chi connectivity index (χ2v) is 8.84. The van der Waals surface area contributed by atoms with Gasteiger partial charge < -0.3 is 9.88 Å². The minimum atomic E-state index is -0.199. The molecule has 7 nitrogen and oxygen atoms in total. The van der Waals surface area contributed by atoms with Crippen molar-refractivity contribution in [3.05, 3.63) is 76.7 Å². The number of rotatable bonds is 7. The summed E-state index contributed by atoms with van der Waals surface area (Å²) >= 11 is 0. The second kappa shape index (κ2) is 9.58. The number of likely N-dealkylation sites (tertiary alicyclic amines) is 1. The van der Waals surface area contributed by atoms with Crippen LogP contribution in [0.1, 0.15) is 31.2 Å². The molecule has 0 saturated carbocycles. The van der Waals surface area contributed by atoms with Crippen LogP contribution in [0.2, 0.25) is 0 Å². The van der Waals surface area contributed by atoms with E-state index in [0.717, 1.165) is 48.8 Å². The number of para-hydroxylation sites is 1. The highest BCUT2D eigenvalue weighted by Gasteiger charge is 2.21. The van der Waals surface area contributed by atoms with Gasteiger partial charge in [-0.3, -0.25) is 14.5 Å². The van der Waals surface area contributed by atoms with Gasteiger partial charge in [0.2, 0.25) is 5.91 Å². The largest absolute Gasteiger partial charge is 0.353 e. The molecule has 1 saturated heterocycles. The van der Waals surface area contributed by atoms with Gasteiger partial charge in [0.15, 0.2) is 0 Å². The van der Waals surface area contributed by atoms with Crippen molar-refractivity contribution in [1.82, 2.24) is 25.0 Å². The molecule has 7 heteroatoms. The van der Waals surface area contributed by atoms with Gasteiger partial charge in [-0.2, -0.15) is 5.10 Å². The first-order valence-corrected chi connectivity index (χ1v) is 11.7. The molecular weight excluding hydrogens is 414 g/mol. The minimum absolute atomic E-state index is 0.0906. The van der Waals surface area contributed by atoms with E-state index in [2.05, 4.69) is 44.7 Å². The van der Waals surface area contributed by atoms with Crippen LogP contribution in [0.15, 0.2) is 65.6 Å². The normalized spacial score (nSPS) is 15.3. The van der Waals surface area contributed by atoms with Crippen LogP contribution in [0.3, 0.4) is 0 Å². The molecule has 5 rings (SSSR count). The molecule has 1 fully saturated rings. The van der Waals surface area contributed by atoms with Gasteiger partial charge in [0, 0.05) is 54.9 Å². The lowest BCUT2D eigenvalue weighted by molar-refractivity contribution is -0.122. The van der Waals surface area contributed by atoms with Crippen molar-refractivity contribution < 1.29 is 4.79 Å². The average Bonchev–Trinajstić information content (AvgIpc) is 3.16. The van der Waals surface area contributed by atoms with Gasteiger partial charge in [0.25, 0.3) is 5.56 Å². The molecular formula is C26H29N5O2. The number of benzene rings is 2. The van der Waals surface area contributed by atoms with Crippen molar-refractivity contribution in [2.75, 3.05) is 13.1 Å². The van der Waals surface area contributed by atoms with Gasteiger partial charge in [-0.1, -0.05) is 48.5 Å². The van der Waals surface area contributed by atoms with Crippen LogP contribution >= 0.6 is 0 Å². The van der Waals surface area contributed by atoms with Crippen LogP contribution < -0.4 is 10.9 Å². The Morgan fingerprint density at radius 3 is 2.61 bits per heavy atom. The molecule has 2 aromatic heterocycles. The number of H-pyrrole nitrogens is 1. The van der Waals surface area contributed by atoms with Crippen LogP contribution in [0.4, 0.5) is 0 Å². The summed E-state index contributed by atoms with van der Waals surface area (Å²) in [6.45, 7) is 3.57. The molecule has 0 bridgehead atoms. The molecule has 0 spiro atoms. The Balaban J connectivity index is 1.14. The second-order valence-electron chi connectivity index (χ2n) is 8.84. The predicted molar refractivity (Wildman–Crippen MR) is 130 cm³/mol. The summed E-state index contributed by atoms with van der Waals surface area (Å²) in [6, 6.07) is 18.7. The number of nitrogens with zero attached hydrogens (tertiary/aromatic N) is 3. The number of amides is 1. The quantitative estimate of drug-likeness (QED) is 0.458. The van der Waals surface area contributed by atoms with E-state index in [0.29, 0.717) is 24.9 Å². The first-order valence-electron chi connectivity index (χ1n) is 11.7. The van der Waals surface area contributed by atoms with Crippen molar-refractivity contribution in [2.45, 2.75) is 44.8 Å². The molecule has 2 aromatic carbocycles. The fourth-order valence-corrected chi connectivity index (χ4v) is 4.92. The van der Waals surface area contributed by atoms with Crippen LogP contribution in [-0.4, -0.2) is 44.7 Å². The first-order chi connectivity index (χ1) is 16.2. The van der Waals surface area contributed by atoms with Gasteiger partial charge in [-0.15, -0.1) is 0 Å². The highest BCUT2D eigenvalue weighted by molar-refractivity contribution is 6.07. The Labute approximate surface area is 192 Å². The third-order valence-corrected chi connectivity index (χ3v) is 6.57. The van der Waals surface area contributed by atoms with Gasteiger partial charge >= 0.3 is 0 Å². The van der Waals surface area contributed by atoms with E-state index in [9.17, 15) is 9.59 Å². The Morgan fingerprint density at radius 2 is 1.79 bits per heavy atom. The number of carbonyl (C=O) groups is 1. The monoisotopic (exact) mass is 443 g/mol. The van der Waals surface area contributed by atoms with E-state index >= 15 is 0 Å². The number of nitrogens with one attached hydrogen (secondary N) is 2. The Morgan fingerprint density at radius 1 is 1.03 bits per heavy atom. The first kappa shape index (κ1) is 21.4. The summed E-state index contributed by atoms with van der Waals surface area (Å²) in [4.78, 5) is 27.5. The Bertz CT molecular complexity index is 1300. The summed E-state index contributed by atoms with van der Waals surface area (Å²) in [5.74, 6) is 0.0906. The number of carbonyl (C=O) groups excluding carboxylic acids is 1. The number of piperidine rings is 1. The summed E-state index contributed by atoms with van der Waals surface area (Å²) in [5.41, 5.74) is 2.75. The maximum Gasteiger partial charge on any atom is 0.288 e. The standard InChI is InChI=1S/C26H29N5O2/c32-24(28-20-12-15-30(16-13-20)18-19-7-2-1-3-8-19)11-6-14-31-23-10-5-4-9-21(23)22-17-27-29-26(33)25(22)31/h1-5,7-10,17,20H,6,11-16,18H2,(H,28,32)(H,29,33). The number of hydrogen-bond donors (Lipinski definition) is 2. The van der Waals surface area contributed by atoms with Gasteiger partial charge in [-0.05, 0) is 30.9 Å². The molecule has 170 valence electrons. The number of aromatic nitrogens is 3. The van der Waals surface area contributed by atoms with Crippen molar-refractivity contribution in [1.29, 1.82) is 0 Å². The molecule has 3 heterocycles. The fraction of sp³-hybridized carbons (Fsp3) is 0.346. The zero-order valence-electron chi connectivity index (χ0n) is 18.7. The van der Waals surface area contributed by atoms with Gasteiger partial charge in [-0.25, -0.2) is 5.10 Å². The molecule has 1 aliphatic rings. The maximum absolute atomic E-state index is 12.6. The number of aryl methyl sites for hydroxylation is 1. The third kappa shape index (κ3) is 4.68. The van der Waals surface area contributed by atoms with Gasteiger partial charge in [0.05, 0.1) is 6.20 Å². The SMILES string of the molecule is O=C(CCCn1c2ccccc2c2cn[nH]c(=O)c21)NC1CCN(Cc2ccccc2)CC1. The highest BCUT2D eigenvalue weighted by Crippen LogP contribution is 2.26. The molecule has 0 unspecified atom stereocenters. The summed E-state index contributed by atoms with van der Waals surface area (Å²) in [7, 11) is 0. The zero-order chi connectivity index (χ0) is 22.6. The molecule has 0 aliphatic carbocycles. The van der Waals surface area contributed by atoms with Crippen LogP contribution in [0.5, 0.6) is 0 Å². The van der Waals surface area contributed by atoms with Crippen LogP contribution in [-0.2, 0) is 17.9 Å². The number of aromatic amines is 1. The Hall–Kier alpha value is -3.45. The molecule has 1 amide bonds. The van der Waals surface area contributed by atoms with E-state index in [1.54, 1.807) is 6.20 Å². The summed E-state index contributed by atoms with van der Waals surface area (Å²) in [5, 5.41) is 11.6. The Kier molecular flexibility index (Phi) is 6.21. The molecule has 4 aromatic rings. The highest BCUT2D eigenvalue weighted by atomic mass is 16.1. The molecule has 0 radical (unpaired) electrons. The van der Waals surface area contributed by atoms with Crippen molar-refractivity contribution in [3.63, 3.8) is 0 Å². The fourth-order valence-electron chi connectivity index (χ4n) is 4.92. The molecule has 2 N–H and O–H groups in total. The van der Waals surface area contributed by atoms with E-state index in [4.69, 9.17) is 0 Å². The lowest BCUT2D eigenvalue weighted by Crippen LogP contribution is -2.44. The van der Waals surface area contributed by atoms with Crippen LogP contribution in [0.25, 0.3) is 21.8 Å². The summed E-state index contributed by atoms with van der Waals surface area (Å²) < 4.78 is 2.01. The summed E-state index contributed by atoms with van der Waals surface area (Å²) in [6.07, 6.45) is 4.78. The van der Waals surface area contributed by atoms with Crippen molar-refractivity contribution in [2.24, 2.45) is 0 Å². The van der Waals surface area contributed by atoms with E-state index in [1.807, 2.05) is 34.9 Å². The topological polar surface area (TPSA) is 83.0 Å². The number of hydrogen-bond acceptors (Lipinski definition) is 4. The van der Waals surface area contributed by atoms with Gasteiger partial charge in [0.1, 0.15) is 5.52 Å². The van der Waals surface area contributed by atoms with Crippen LogP contribution in [0, 0.1) is 0 Å².